The van der Waals surface area contributed by atoms with Crippen LogP contribution in [0, 0.1) is 0 Å². The van der Waals surface area contributed by atoms with Gasteiger partial charge in [-0.2, -0.15) is 0 Å². The molecule has 0 spiro atoms. The highest BCUT2D eigenvalue weighted by Crippen LogP contribution is 2.04. The summed E-state index contributed by atoms with van der Waals surface area (Å²) in [5, 5.41) is 3.53. The average Bonchev–Trinajstić information content (AvgIpc) is 2.05. The SMILES string of the molecule is CC[C@H]1COC[C@H](CC)N1. The van der Waals surface area contributed by atoms with Gasteiger partial charge < -0.3 is 10.1 Å². The number of hydrogen-bond acceptors (Lipinski definition) is 2. The second-order valence-electron chi connectivity index (χ2n) is 2.91. The van der Waals surface area contributed by atoms with Gasteiger partial charge in [0.1, 0.15) is 0 Å². The molecule has 0 amide bonds. The Morgan fingerprint density at radius 1 is 1.20 bits per heavy atom. The van der Waals surface area contributed by atoms with Gasteiger partial charge in [-0.15, -0.1) is 0 Å². The fourth-order valence-electron chi connectivity index (χ4n) is 1.25. The monoisotopic (exact) mass is 143 g/mol. The zero-order valence-corrected chi connectivity index (χ0v) is 6.89. The Balaban J connectivity index is 2.25. The Hall–Kier alpha value is -0.0800. The first-order valence-electron chi connectivity index (χ1n) is 4.20. The predicted octanol–water partition coefficient (Wildman–Crippen LogP) is 1.16. The van der Waals surface area contributed by atoms with E-state index >= 15 is 0 Å². The third kappa shape index (κ3) is 1.96. The molecule has 1 saturated heterocycles. The summed E-state index contributed by atoms with van der Waals surface area (Å²) in [6, 6.07) is 1.19. The van der Waals surface area contributed by atoms with Crippen LogP contribution in [-0.2, 0) is 4.74 Å². The third-order valence-electron chi connectivity index (χ3n) is 2.10. The van der Waals surface area contributed by atoms with Gasteiger partial charge in [0.05, 0.1) is 13.2 Å². The third-order valence-corrected chi connectivity index (χ3v) is 2.10. The summed E-state index contributed by atoms with van der Waals surface area (Å²) in [4.78, 5) is 0. The summed E-state index contributed by atoms with van der Waals surface area (Å²) in [5.41, 5.74) is 0. The molecule has 1 fully saturated rings. The minimum Gasteiger partial charge on any atom is -0.378 e. The van der Waals surface area contributed by atoms with E-state index in [2.05, 4.69) is 19.2 Å². The van der Waals surface area contributed by atoms with E-state index in [-0.39, 0.29) is 0 Å². The van der Waals surface area contributed by atoms with Gasteiger partial charge in [-0.25, -0.2) is 0 Å². The van der Waals surface area contributed by atoms with Gasteiger partial charge in [0.25, 0.3) is 0 Å². The first-order chi connectivity index (χ1) is 4.86. The van der Waals surface area contributed by atoms with Crippen LogP contribution in [0.4, 0.5) is 0 Å². The van der Waals surface area contributed by atoms with E-state index in [0.29, 0.717) is 12.1 Å². The summed E-state index contributed by atoms with van der Waals surface area (Å²) < 4.78 is 5.41. The van der Waals surface area contributed by atoms with Crippen molar-refractivity contribution in [3.05, 3.63) is 0 Å². The molecule has 1 heterocycles. The highest BCUT2D eigenvalue weighted by atomic mass is 16.5. The average molecular weight is 143 g/mol. The van der Waals surface area contributed by atoms with Crippen molar-refractivity contribution in [3.8, 4) is 0 Å². The second-order valence-corrected chi connectivity index (χ2v) is 2.91. The molecule has 0 aliphatic carbocycles. The van der Waals surface area contributed by atoms with Crippen LogP contribution >= 0.6 is 0 Å². The minimum atomic E-state index is 0.596. The maximum Gasteiger partial charge on any atom is 0.0620 e. The quantitative estimate of drug-likeness (QED) is 0.626. The molecule has 2 atom stereocenters. The molecule has 0 unspecified atom stereocenters. The van der Waals surface area contributed by atoms with Crippen LogP contribution in [0.1, 0.15) is 26.7 Å². The summed E-state index contributed by atoms with van der Waals surface area (Å²) in [5.74, 6) is 0. The van der Waals surface area contributed by atoms with Gasteiger partial charge in [-0.1, -0.05) is 13.8 Å². The van der Waals surface area contributed by atoms with Crippen molar-refractivity contribution in [2.45, 2.75) is 38.8 Å². The number of rotatable bonds is 2. The van der Waals surface area contributed by atoms with Gasteiger partial charge in [-0.3, -0.25) is 0 Å². The molecule has 1 rings (SSSR count). The fraction of sp³-hybridized carbons (Fsp3) is 1.00. The van der Waals surface area contributed by atoms with E-state index in [4.69, 9.17) is 4.74 Å². The molecule has 0 aromatic carbocycles. The molecule has 10 heavy (non-hydrogen) atoms. The van der Waals surface area contributed by atoms with E-state index < -0.39 is 0 Å². The molecule has 2 nitrogen and oxygen atoms in total. The van der Waals surface area contributed by atoms with Crippen LogP contribution in [0.2, 0.25) is 0 Å². The Labute approximate surface area is 63.0 Å². The largest absolute Gasteiger partial charge is 0.378 e. The van der Waals surface area contributed by atoms with E-state index in [9.17, 15) is 0 Å². The Bertz CT molecular complexity index is 85.3. The van der Waals surface area contributed by atoms with Crippen molar-refractivity contribution >= 4 is 0 Å². The Morgan fingerprint density at radius 2 is 1.70 bits per heavy atom. The Morgan fingerprint density at radius 3 is 2.10 bits per heavy atom. The smallest absolute Gasteiger partial charge is 0.0620 e. The lowest BCUT2D eigenvalue weighted by molar-refractivity contribution is 0.0434. The topological polar surface area (TPSA) is 21.3 Å². The van der Waals surface area contributed by atoms with Crippen LogP contribution in [0.15, 0.2) is 0 Å². The second kappa shape index (κ2) is 3.94. The molecule has 1 aliphatic heterocycles. The predicted molar refractivity (Wildman–Crippen MR) is 42.1 cm³/mol. The molecule has 0 radical (unpaired) electrons. The molecule has 0 aromatic heterocycles. The molecule has 0 bridgehead atoms. The molecular formula is C8H17NO. The van der Waals surface area contributed by atoms with Crippen LogP contribution in [0.3, 0.4) is 0 Å². The number of nitrogens with one attached hydrogen (secondary N) is 1. The molecule has 1 aliphatic rings. The van der Waals surface area contributed by atoms with Crippen molar-refractivity contribution in [3.63, 3.8) is 0 Å². The number of morpholine rings is 1. The van der Waals surface area contributed by atoms with Gasteiger partial charge in [0, 0.05) is 12.1 Å². The zero-order valence-electron chi connectivity index (χ0n) is 6.89. The standard InChI is InChI=1S/C8H17NO/c1-3-7-5-10-6-8(4-2)9-7/h7-9H,3-6H2,1-2H3/t7-,8-/m0/s1. The van der Waals surface area contributed by atoms with Gasteiger partial charge in [0.15, 0.2) is 0 Å². The first-order valence-corrected chi connectivity index (χ1v) is 4.20. The summed E-state index contributed by atoms with van der Waals surface area (Å²) in [6.45, 7) is 6.18. The minimum absolute atomic E-state index is 0.596. The fourth-order valence-corrected chi connectivity index (χ4v) is 1.25. The highest BCUT2D eigenvalue weighted by molar-refractivity contribution is 4.76. The van der Waals surface area contributed by atoms with Crippen molar-refractivity contribution < 1.29 is 4.74 Å². The van der Waals surface area contributed by atoms with Crippen LogP contribution < -0.4 is 5.32 Å². The van der Waals surface area contributed by atoms with E-state index in [0.717, 1.165) is 13.2 Å². The highest BCUT2D eigenvalue weighted by Gasteiger charge is 2.17. The maximum atomic E-state index is 5.41. The molecular weight excluding hydrogens is 126 g/mol. The molecule has 2 heteroatoms. The maximum absolute atomic E-state index is 5.41. The van der Waals surface area contributed by atoms with Crippen molar-refractivity contribution in [1.82, 2.24) is 5.32 Å². The van der Waals surface area contributed by atoms with Crippen LogP contribution in [-0.4, -0.2) is 25.3 Å². The Kier molecular flexibility index (Phi) is 3.16. The lowest BCUT2D eigenvalue weighted by Crippen LogP contribution is -2.48. The number of hydrogen-bond donors (Lipinski definition) is 1. The summed E-state index contributed by atoms with van der Waals surface area (Å²) in [6.07, 6.45) is 2.35. The van der Waals surface area contributed by atoms with Gasteiger partial charge >= 0.3 is 0 Å². The summed E-state index contributed by atoms with van der Waals surface area (Å²) in [7, 11) is 0. The van der Waals surface area contributed by atoms with Crippen LogP contribution in [0.25, 0.3) is 0 Å². The lowest BCUT2D eigenvalue weighted by Gasteiger charge is -2.29. The molecule has 1 N–H and O–H groups in total. The van der Waals surface area contributed by atoms with E-state index in [1.54, 1.807) is 0 Å². The molecule has 60 valence electrons. The molecule has 0 saturated carbocycles. The van der Waals surface area contributed by atoms with Gasteiger partial charge in [0.2, 0.25) is 0 Å². The van der Waals surface area contributed by atoms with E-state index in [1.807, 2.05) is 0 Å². The van der Waals surface area contributed by atoms with Crippen LogP contribution in [0.5, 0.6) is 0 Å². The first kappa shape index (κ1) is 8.02. The lowest BCUT2D eigenvalue weighted by atomic mass is 10.1. The van der Waals surface area contributed by atoms with E-state index in [1.165, 1.54) is 12.8 Å². The number of ether oxygens (including phenoxy) is 1. The summed E-state index contributed by atoms with van der Waals surface area (Å²) >= 11 is 0. The van der Waals surface area contributed by atoms with Gasteiger partial charge in [-0.05, 0) is 12.8 Å². The van der Waals surface area contributed by atoms with Crippen molar-refractivity contribution in [2.75, 3.05) is 13.2 Å². The molecule has 0 aromatic rings. The normalized spacial score (nSPS) is 34.2. The zero-order chi connectivity index (χ0) is 7.40. The van der Waals surface area contributed by atoms with Crippen molar-refractivity contribution in [1.29, 1.82) is 0 Å². The van der Waals surface area contributed by atoms with Crippen molar-refractivity contribution in [2.24, 2.45) is 0 Å².